The minimum atomic E-state index is 0.520. The Morgan fingerprint density at radius 2 is 1.54 bits per heavy atom. The second kappa shape index (κ2) is 8.19. The van der Waals surface area contributed by atoms with Crippen molar-refractivity contribution in [2.75, 3.05) is 19.6 Å². The van der Waals surface area contributed by atoms with Crippen LogP contribution in [0.1, 0.15) is 72.1 Å². The highest BCUT2D eigenvalue weighted by atomic mass is 15.0. The van der Waals surface area contributed by atoms with E-state index in [4.69, 9.17) is 0 Å². The summed E-state index contributed by atoms with van der Waals surface area (Å²) in [5.41, 5.74) is 3.46. The summed E-state index contributed by atoms with van der Waals surface area (Å²) in [6.07, 6.45) is 16.1. The van der Waals surface area contributed by atoms with E-state index in [1.54, 1.807) is 0 Å². The van der Waals surface area contributed by atoms with Crippen LogP contribution < -0.4 is 10.6 Å². The molecule has 0 aromatic carbocycles. The zero-order valence-electron chi connectivity index (χ0n) is 16.2. The number of nitrogens with one attached hydrogen (secondary N) is 2. The maximum absolute atomic E-state index is 3.97. The van der Waals surface area contributed by atoms with E-state index in [1.165, 1.54) is 62.5 Å². The fraction of sp³-hybridized carbons (Fsp3) is 0.818. The fourth-order valence-corrected chi connectivity index (χ4v) is 5.78. The SMILES string of the molecule is CC(C)=CCC/C(C)=C/CNCCNC12CC3CC(CC(C3)C1)C2. The van der Waals surface area contributed by atoms with Crippen LogP contribution in [0.25, 0.3) is 0 Å². The molecule has 0 aliphatic heterocycles. The van der Waals surface area contributed by atoms with Crippen LogP contribution >= 0.6 is 0 Å². The Morgan fingerprint density at radius 1 is 0.917 bits per heavy atom. The molecule has 0 saturated heterocycles. The molecule has 4 fully saturated rings. The summed E-state index contributed by atoms with van der Waals surface area (Å²) in [5.74, 6) is 3.13. The smallest absolute Gasteiger partial charge is 0.0190 e. The molecule has 0 atom stereocenters. The van der Waals surface area contributed by atoms with Crippen molar-refractivity contribution in [3.63, 3.8) is 0 Å². The van der Waals surface area contributed by atoms with Crippen LogP contribution in [0.3, 0.4) is 0 Å². The van der Waals surface area contributed by atoms with Crippen molar-refractivity contribution in [3.8, 4) is 0 Å². The van der Waals surface area contributed by atoms with Crippen LogP contribution in [-0.4, -0.2) is 25.2 Å². The summed E-state index contributed by atoms with van der Waals surface area (Å²) >= 11 is 0. The molecule has 2 heteroatoms. The molecule has 4 rings (SSSR count). The lowest BCUT2D eigenvalue weighted by Crippen LogP contribution is -2.59. The molecule has 0 aromatic rings. The molecule has 0 unspecified atom stereocenters. The minimum Gasteiger partial charge on any atom is -0.312 e. The van der Waals surface area contributed by atoms with Crippen molar-refractivity contribution in [1.29, 1.82) is 0 Å². The summed E-state index contributed by atoms with van der Waals surface area (Å²) in [7, 11) is 0. The van der Waals surface area contributed by atoms with E-state index in [-0.39, 0.29) is 0 Å². The lowest BCUT2D eigenvalue weighted by atomic mass is 9.53. The first-order chi connectivity index (χ1) is 11.5. The molecular formula is C22H38N2. The standard InChI is InChI=1S/C22H38N2/c1-17(2)5-4-6-18(3)7-8-23-9-10-24-22-14-19-11-20(15-22)13-21(12-19)16-22/h5,7,19-21,23-24H,4,6,8-16H2,1-3H3/b18-7+. The third-order valence-corrected chi connectivity index (χ3v) is 6.53. The van der Waals surface area contributed by atoms with E-state index in [9.17, 15) is 0 Å². The maximum Gasteiger partial charge on any atom is 0.0190 e. The molecule has 0 spiro atoms. The Kier molecular flexibility index (Phi) is 6.21. The highest BCUT2D eigenvalue weighted by molar-refractivity contribution is 5.06. The predicted octanol–water partition coefficient (Wildman–Crippen LogP) is 4.83. The molecule has 0 heterocycles. The normalized spacial score (nSPS) is 34.6. The van der Waals surface area contributed by atoms with Crippen molar-refractivity contribution in [2.24, 2.45) is 17.8 Å². The maximum atomic E-state index is 3.97. The molecule has 136 valence electrons. The van der Waals surface area contributed by atoms with E-state index in [0.717, 1.165) is 37.4 Å². The van der Waals surface area contributed by atoms with Crippen LogP contribution in [0.4, 0.5) is 0 Å². The van der Waals surface area contributed by atoms with Crippen LogP contribution in [0.2, 0.25) is 0 Å². The van der Waals surface area contributed by atoms with Gasteiger partial charge < -0.3 is 10.6 Å². The van der Waals surface area contributed by atoms with Gasteiger partial charge in [0.05, 0.1) is 0 Å². The largest absolute Gasteiger partial charge is 0.312 e. The summed E-state index contributed by atoms with van der Waals surface area (Å²) < 4.78 is 0. The molecule has 0 radical (unpaired) electrons. The highest BCUT2D eigenvalue weighted by Crippen LogP contribution is 2.55. The highest BCUT2D eigenvalue weighted by Gasteiger charge is 2.50. The molecule has 0 amide bonds. The molecule has 4 bridgehead atoms. The van der Waals surface area contributed by atoms with Gasteiger partial charge in [0.25, 0.3) is 0 Å². The molecule has 2 nitrogen and oxygen atoms in total. The Labute approximate surface area is 149 Å². The summed E-state index contributed by atoms with van der Waals surface area (Å²) in [6.45, 7) is 9.86. The molecule has 24 heavy (non-hydrogen) atoms. The topological polar surface area (TPSA) is 24.1 Å². The lowest BCUT2D eigenvalue weighted by Gasteiger charge is -2.57. The number of hydrogen-bond acceptors (Lipinski definition) is 2. The molecular weight excluding hydrogens is 292 g/mol. The van der Waals surface area contributed by atoms with Gasteiger partial charge in [0, 0.05) is 25.2 Å². The zero-order valence-corrected chi connectivity index (χ0v) is 16.2. The van der Waals surface area contributed by atoms with E-state index < -0.39 is 0 Å². The molecule has 2 N–H and O–H groups in total. The average molecular weight is 331 g/mol. The first-order valence-electron chi connectivity index (χ1n) is 10.3. The minimum absolute atomic E-state index is 0.520. The molecule has 4 aliphatic carbocycles. The second-order valence-electron chi connectivity index (χ2n) is 9.20. The van der Waals surface area contributed by atoms with Crippen molar-refractivity contribution < 1.29 is 0 Å². The monoisotopic (exact) mass is 330 g/mol. The van der Waals surface area contributed by atoms with Crippen LogP contribution in [0.5, 0.6) is 0 Å². The Bertz CT molecular complexity index is 435. The van der Waals surface area contributed by atoms with Crippen molar-refractivity contribution in [1.82, 2.24) is 10.6 Å². The van der Waals surface area contributed by atoms with Crippen LogP contribution in [-0.2, 0) is 0 Å². The van der Waals surface area contributed by atoms with Gasteiger partial charge >= 0.3 is 0 Å². The van der Waals surface area contributed by atoms with Gasteiger partial charge in [-0.2, -0.15) is 0 Å². The summed E-state index contributed by atoms with van der Waals surface area (Å²) in [4.78, 5) is 0. The zero-order chi connectivity index (χ0) is 17.0. The second-order valence-corrected chi connectivity index (χ2v) is 9.20. The Morgan fingerprint density at radius 3 is 2.12 bits per heavy atom. The summed E-state index contributed by atoms with van der Waals surface area (Å²) in [5, 5.41) is 7.56. The molecule has 4 aliphatic rings. The van der Waals surface area contributed by atoms with E-state index in [2.05, 4.69) is 43.6 Å². The molecule has 0 aromatic heterocycles. The lowest BCUT2D eigenvalue weighted by molar-refractivity contribution is -0.0192. The van der Waals surface area contributed by atoms with Gasteiger partial charge in [-0.05, 0) is 89.9 Å². The quantitative estimate of drug-likeness (QED) is 0.467. The van der Waals surface area contributed by atoms with E-state index in [0.29, 0.717) is 5.54 Å². The van der Waals surface area contributed by atoms with E-state index >= 15 is 0 Å². The first kappa shape index (κ1) is 18.2. The van der Waals surface area contributed by atoms with Gasteiger partial charge in [0.1, 0.15) is 0 Å². The van der Waals surface area contributed by atoms with Gasteiger partial charge in [-0.3, -0.25) is 0 Å². The third kappa shape index (κ3) is 4.95. The number of allylic oxidation sites excluding steroid dienone is 3. The predicted molar refractivity (Wildman–Crippen MR) is 104 cm³/mol. The van der Waals surface area contributed by atoms with Gasteiger partial charge in [0.15, 0.2) is 0 Å². The van der Waals surface area contributed by atoms with Gasteiger partial charge in [-0.1, -0.05) is 23.3 Å². The van der Waals surface area contributed by atoms with Gasteiger partial charge in [0.2, 0.25) is 0 Å². The Balaban J connectivity index is 1.30. The number of rotatable bonds is 9. The van der Waals surface area contributed by atoms with Gasteiger partial charge in [-0.25, -0.2) is 0 Å². The fourth-order valence-electron chi connectivity index (χ4n) is 5.78. The molecule has 4 saturated carbocycles. The first-order valence-corrected chi connectivity index (χ1v) is 10.3. The van der Waals surface area contributed by atoms with Gasteiger partial charge in [-0.15, -0.1) is 0 Å². The number of hydrogen-bond donors (Lipinski definition) is 2. The Hall–Kier alpha value is -0.600. The van der Waals surface area contributed by atoms with E-state index in [1.807, 2.05) is 0 Å². The average Bonchev–Trinajstić information content (AvgIpc) is 2.49. The van der Waals surface area contributed by atoms with Crippen LogP contribution in [0, 0.1) is 17.8 Å². The van der Waals surface area contributed by atoms with Crippen molar-refractivity contribution in [2.45, 2.75) is 77.7 Å². The van der Waals surface area contributed by atoms with Crippen molar-refractivity contribution >= 4 is 0 Å². The third-order valence-electron chi connectivity index (χ3n) is 6.53. The summed E-state index contributed by atoms with van der Waals surface area (Å²) in [6, 6.07) is 0. The van der Waals surface area contributed by atoms with Crippen molar-refractivity contribution in [3.05, 3.63) is 23.3 Å². The van der Waals surface area contributed by atoms with Crippen LogP contribution in [0.15, 0.2) is 23.3 Å².